The van der Waals surface area contributed by atoms with Gasteiger partial charge in [-0.2, -0.15) is 0 Å². The van der Waals surface area contributed by atoms with Crippen LogP contribution in [0.25, 0.3) is 6.08 Å². The molecule has 0 aliphatic carbocycles. The van der Waals surface area contributed by atoms with Crippen molar-refractivity contribution in [3.8, 4) is 0 Å². The Hall–Kier alpha value is -3.25. The van der Waals surface area contributed by atoms with E-state index >= 15 is 0 Å². The summed E-state index contributed by atoms with van der Waals surface area (Å²) in [5.74, 6) is -0.178. The highest BCUT2D eigenvalue weighted by Gasteiger charge is 2.29. The average Bonchev–Trinajstić information content (AvgIpc) is 3.30. The number of para-hydroxylation sites is 2. The highest BCUT2D eigenvalue weighted by molar-refractivity contribution is 7.14. The van der Waals surface area contributed by atoms with Gasteiger partial charge in [-0.1, -0.05) is 36.4 Å². The number of carbonyl (C=O) groups excluding carboxylic acids is 2. The number of thiazole rings is 1. The number of anilines is 3. The minimum Gasteiger partial charge on any atom is -0.305 e. The van der Waals surface area contributed by atoms with Gasteiger partial charge in [-0.25, -0.2) is 4.98 Å². The molecular weight excluding hydrogens is 382 g/mol. The maximum Gasteiger partial charge on any atom is 0.251 e. The number of fused-ring (bicyclic) bond motifs is 1. The van der Waals surface area contributed by atoms with Gasteiger partial charge >= 0.3 is 0 Å². The Morgan fingerprint density at radius 2 is 1.86 bits per heavy atom. The van der Waals surface area contributed by atoms with Gasteiger partial charge in [0.2, 0.25) is 5.91 Å². The largest absolute Gasteiger partial charge is 0.305 e. The van der Waals surface area contributed by atoms with E-state index in [0.29, 0.717) is 10.8 Å². The first-order chi connectivity index (χ1) is 14.0. The first-order valence-electron chi connectivity index (χ1n) is 9.45. The quantitative estimate of drug-likeness (QED) is 0.587. The number of amides is 2. The lowest BCUT2D eigenvalue weighted by Crippen LogP contribution is -2.34. The zero-order chi connectivity index (χ0) is 20.4. The van der Waals surface area contributed by atoms with Crippen LogP contribution in [0.15, 0.2) is 66.1 Å². The SMILES string of the molecule is CC(=O)N(c1ccccc1)c1nc(/C=C/C(=O)N2c3ccccc3C[C@H]2C)cs1. The monoisotopic (exact) mass is 403 g/mol. The summed E-state index contributed by atoms with van der Waals surface area (Å²) in [5.41, 5.74) is 3.59. The third kappa shape index (κ3) is 3.84. The highest BCUT2D eigenvalue weighted by atomic mass is 32.1. The van der Waals surface area contributed by atoms with Crippen LogP contribution in [-0.2, 0) is 16.0 Å². The smallest absolute Gasteiger partial charge is 0.251 e. The summed E-state index contributed by atoms with van der Waals surface area (Å²) in [7, 11) is 0. The molecule has 0 radical (unpaired) electrons. The van der Waals surface area contributed by atoms with Crippen molar-refractivity contribution in [2.24, 2.45) is 0 Å². The molecule has 0 fully saturated rings. The Bertz CT molecular complexity index is 1070. The lowest BCUT2D eigenvalue weighted by molar-refractivity contribution is -0.116. The van der Waals surface area contributed by atoms with Crippen LogP contribution in [0.5, 0.6) is 0 Å². The molecule has 146 valence electrons. The molecule has 6 heteroatoms. The minimum absolute atomic E-state index is 0.0662. The van der Waals surface area contributed by atoms with Gasteiger partial charge in [0.15, 0.2) is 5.13 Å². The lowest BCUT2D eigenvalue weighted by atomic mass is 10.1. The van der Waals surface area contributed by atoms with Crippen LogP contribution in [0, 0.1) is 0 Å². The molecule has 1 atom stereocenters. The van der Waals surface area contributed by atoms with Crippen LogP contribution in [-0.4, -0.2) is 22.8 Å². The van der Waals surface area contributed by atoms with E-state index in [-0.39, 0.29) is 17.9 Å². The predicted molar refractivity (Wildman–Crippen MR) is 118 cm³/mol. The summed E-state index contributed by atoms with van der Waals surface area (Å²) >= 11 is 1.37. The maximum absolute atomic E-state index is 12.8. The number of hydrogen-bond donors (Lipinski definition) is 0. The van der Waals surface area contributed by atoms with E-state index in [1.54, 1.807) is 17.1 Å². The first-order valence-corrected chi connectivity index (χ1v) is 10.3. The van der Waals surface area contributed by atoms with Gasteiger partial charge < -0.3 is 4.90 Å². The Morgan fingerprint density at radius 1 is 1.14 bits per heavy atom. The Balaban J connectivity index is 1.54. The van der Waals surface area contributed by atoms with E-state index in [2.05, 4.69) is 18.0 Å². The van der Waals surface area contributed by atoms with Crippen LogP contribution in [0.3, 0.4) is 0 Å². The average molecular weight is 404 g/mol. The van der Waals surface area contributed by atoms with Gasteiger partial charge in [0.05, 0.1) is 11.4 Å². The second-order valence-corrected chi connectivity index (χ2v) is 7.80. The molecule has 2 aromatic carbocycles. The van der Waals surface area contributed by atoms with Gasteiger partial charge in [0, 0.05) is 30.1 Å². The fourth-order valence-electron chi connectivity index (χ4n) is 3.60. The molecule has 0 unspecified atom stereocenters. The fraction of sp³-hybridized carbons (Fsp3) is 0.174. The van der Waals surface area contributed by atoms with E-state index in [1.807, 2.05) is 58.8 Å². The molecule has 0 saturated carbocycles. The van der Waals surface area contributed by atoms with Crippen molar-refractivity contribution in [1.82, 2.24) is 4.98 Å². The van der Waals surface area contributed by atoms with E-state index < -0.39 is 0 Å². The summed E-state index contributed by atoms with van der Waals surface area (Å²) in [6.07, 6.45) is 4.12. The van der Waals surface area contributed by atoms with Crippen LogP contribution < -0.4 is 9.80 Å². The van der Waals surface area contributed by atoms with E-state index in [1.165, 1.54) is 23.8 Å². The van der Waals surface area contributed by atoms with Crippen LogP contribution >= 0.6 is 11.3 Å². The molecule has 2 heterocycles. The predicted octanol–water partition coefficient (Wildman–Crippen LogP) is 4.82. The third-order valence-electron chi connectivity index (χ3n) is 4.87. The molecule has 0 saturated heterocycles. The Morgan fingerprint density at radius 3 is 2.62 bits per heavy atom. The summed E-state index contributed by atoms with van der Waals surface area (Å²) in [4.78, 5) is 32.9. The molecule has 0 N–H and O–H groups in total. The zero-order valence-electron chi connectivity index (χ0n) is 16.3. The van der Waals surface area contributed by atoms with Gasteiger partial charge in [-0.15, -0.1) is 11.3 Å². The maximum atomic E-state index is 12.8. The minimum atomic E-state index is -0.111. The molecule has 0 spiro atoms. The molecule has 1 aliphatic rings. The number of carbonyl (C=O) groups is 2. The molecule has 5 nitrogen and oxygen atoms in total. The number of hydrogen-bond acceptors (Lipinski definition) is 4. The first kappa shape index (κ1) is 19.1. The van der Waals surface area contributed by atoms with Crippen molar-refractivity contribution < 1.29 is 9.59 Å². The number of nitrogens with zero attached hydrogens (tertiary/aromatic N) is 3. The molecule has 4 rings (SSSR count). The number of rotatable bonds is 4. The third-order valence-corrected chi connectivity index (χ3v) is 5.72. The van der Waals surface area contributed by atoms with Crippen molar-refractivity contribution in [1.29, 1.82) is 0 Å². The second-order valence-electron chi connectivity index (χ2n) is 6.97. The summed E-state index contributed by atoms with van der Waals surface area (Å²) < 4.78 is 0. The van der Waals surface area contributed by atoms with Crippen molar-refractivity contribution in [2.75, 3.05) is 9.80 Å². The molecule has 3 aromatic rings. The number of benzene rings is 2. The molecular formula is C23H21N3O2S. The molecule has 2 amide bonds. The fourth-order valence-corrected chi connectivity index (χ4v) is 4.45. The molecule has 29 heavy (non-hydrogen) atoms. The topological polar surface area (TPSA) is 53.5 Å². The Kier molecular flexibility index (Phi) is 5.27. The summed E-state index contributed by atoms with van der Waals surface area (Å²) in [6, 6.07) is 17.5. The second kappa shape index (κ2) is 8.01. The van der Waals surface area contributed by atoms with E-state index in [4.69, 9.17) is 0 Å². The van der Waals surface area contributed by atoms with Crippen LogP contribution in [0.1, 0.15) is 25.1 Å². The van der Waals surface area contributed by atoms with Crippen molar-refractivity contribution in [2.45, 2.75) is 26.3 Å². The molecule has 1 aliphatic heterocycles. The van der Waals surface area contributed by atoms with Crippen molar-refractivity contribution in [3.05, 3.63) is 77.3 Å². The summed E-state index contributed by atoms with van der Waals surface area (Å²) in [5, 5.41) is 2.43. The highest BCUT2D eigenvalue weighted by Crippen LogP contribution is 2.32. The zero-order valence-corrected chi connectivity index (χ0v) is 17.1. The van der Waals surface area contributed by atoms with Crippen molar-refractivity contribution in [3.63, 3.8) is 0 Å². The normalized spacial score (nSPS) is 15.5. The molecule has 1 aromatic heterocycles. The lowest BCUT2D eigenvalue weighted by Gasteiger charge is -2.20. The van der Waals surface area contributed by atoms with E-state index in [9.17, 15) is 9.59 Å². The van der Waals surface area contributed by atoms with Gasteiger partial charge in [-0.3, -0.25) is 14.5 Å². The number of aromatic nitrogens is 1. The molecule has 0 bridgehead atoms. The van der Waals surface area contributed by atoms with E-state index in [0.717, 1.165) is 17.8 Å². The van der Waals surface area contributed by atoms with Gasteiger partial charge in [0.1, 0.15) is 0 Å². The van der Waals surface area contributed by atoms with Crippen LogP contribution in [0.4, 0.5) is 16.5 Å². The summed E-state index contributed by atoms with van der Waals surface area (Å²) in [6.45, 7) is 3.57. The van der Waals surface area contributed by atoms with Crippen LogP contribution in [0.2, 0.25) is 0 Å². The Labute approximate surface area is 173 Å². The van der Waals surface area contributed by atoms with Gasteiger partial charge in [-0.05, 0) is 43.2 Å². The van der Waals surface area contributed by atoms with Gasteiger partial charge in [0.25, 0.3) is 5.91 Å². The van der Waals surface area contributed by atoms with Crippen molar-refractivity contribution >= 4 is 45.7 Å². The standard InChI is InChI=1S/C23H21N3O2S/c1-16-14-18-8-6-7-11-21(18)25(16)22(28)13-12-19-15-29-23(24-19)26(17(2)27)20-9-4-3-5-10-20/h3-13,15-16H,14H2,1-2H3/b13-12+/t16-/m1/s1.